The van der Waals surface area contributed by atoms with Crippen LogP contribution in [0.1, 0.15) is 50.8 Å². The number of sulfone groups is 1. The van der Waals surface area contributed by atoms with Gasteiger partial charge >= 0.3 is 0 Å². The summed E-state index contributed by atoms with van der Waals surface area (Å²) < 4.78 is 33.2. The average Bonchev–Trinajstić information content (AvgIpc) is 2.85. The van der Waals surface area contributed by atoms with E-state index in [2.05, 4.69) is 42.0 Å². The lowest BCUT2D eigenvalue weighted by atomic mass is 9.96. The summed E-state index contributed by atoms with van der Waals surface area (Å²) in [5, 5.41) is 12.2. The number of amides is 2. The van der Waals surface area contributed by atoms with Gasteiger partial charge < -0.3 is 20.7 Å². The summed E-state index contributed by atoms with van der Waals surface area (Å²) in [7, 11) is -4.29. The number of hydrogen-bond acceptors (Lipinski definition) is 7. The molecular formula is C27H35ClN4O5S. The van der Waals surface area contributed by atoms with E-state index in [9.17, 15) is 18.0 Å². The van der Waals surface area contributed by atoms with Crippen LogP contribution in [0.3, 0.4) is 0 Å². The first-order valence-electron chi connectivity index (χ1n) is 12.7. The second-order valence-corrected chi connectivity index (χ2v) is 13.5. The monoisotopic (exact) mass is 562 g/mol. The van der Waals surface area contributed by atoms with Crippen molar-refractivity contribution in [2.45, 2.75) is 56.0 Å². The maximum absolute atomic E-state index is 13.7. The van der Waals surface area contributed by atoms with E-state index in [-0.39, 0.29) is 29.4 Å². The Kier molecular flexibility index (Phi) is 8.37. The van der Waals surface area contributed by atoms with E-state index in [0.717, 1.165) is 17.7 Å². The predicted octanol–water partition coefficient (Wildman–Crippen LogP) is 2.70. The first kappa shape index (κ1) is 28.4. The van der Waals surface area contributed by atoms with Gasteiger partial charge in [-0.2, -0.15) is 0 Å². The molecule has 4 N–H and O–H groups in total. The van der Waals surface area contributed by atoms with E-state index in [1.807, 2.05) is 18.2 Å². The van der Waals surface area contributed by atoms with Crippen molar-refractivity contribution in [1.29, 1.82) is 0 Å². The van der Waals surface area contributed by atoms with Gasteiger partial charge in [-0.05, 0) is 41.3 Å². The highest BCUT2D eigenvalue weighted by Crippen LogP contribution is 2.34. The Morgan fingerprint density at radius 2 is 1.89 bits per heavy atom. The molecule has 206 valence electrons. The second kappa shape index (κ2) is 11.2. The lowest BCUT2D eigenvalue weighted by molar-refractivity contribution is -0.131. The number of carbonyl (C=O) groups is 2. The van der Waals surface area contributed by atoms with Crippen molar-refractivity contribution in [2.24, 2.45) is 5.41 Å². The number of piperazine rings is 1. The summed E-state index contributed by atoms with van der Waals surface area (Å²) in [5.41, 5.74) is 2.05. The van der Waals surface area contributed by atoms with E-state index >= 15 is 0 Å². The summed E-state index contributed by atoms with van der Waals surface area (Å²) >= 11 is 5.93. The number of carbonyl (C=O) groups excluding carboxylic acids is 2. The number of benzene rings is 2. The fourth-order valence-corrected chi connectivity index (χ4v) is 6.63. The molecule has 4 rings (SSSR count). The molecule has 9 nitrogen and oxygen atoms in total. The Hall–Kier alpha value is -2.66. The molecule has 2 amide bonds. The van der Waals surface area contributed by atoms with Gasteiger partial charge in [-0.3, -0.25) is 14.9 Å². The highest BCUT2D eigenvalue weighted by Gasteiger charge is 2.54. The minimum atomic E-state index is -4.29. The van der Waals surface area contributed by atoms with Crippen molar-refractivity contribution < 1.29 is 22.7 Å². The number of fused-ring (bicyclic) bond motifs is 1. The molecule has 0 saturated carbocycles. The zero-order chi connectivity index (χ0) is 27.6. The highest BCUT2D eigenvalue weighted by molar-refractivity contribution is 7.93. The molecule has 2 aromatic rings. The minimum Gasteiger partial charge on any atom is -0.493 e. The zero-order valence-corrected chi connectivity index (χ0v) is 23.5. The Balaban J connectivity index is 1.52. The quantitative estimate of drug-likeness (QED) is 0.390. The summed E-state index contributed by atoms with van der Waals surface area (Å²) in [6, 6.07) is 11.1. The molecule has 2 atom stereocenters. The molecule has 1 fully saturated rings. The van der Waals surface area contributed by atoms with Gasteiger partial charge in [0.15, 0.2) is 0 Å². The third kappa shape index (κ3) is 6.14. The summed E-state index contributed by atoms with van der Waals surface area (Å²) in [4.78, 5) is 24.1. The molecule has 0 spiro atoms. The standard InChI is InChI=1S/C27H35ClN4O5S/c1-26(2,3)17-29-16-18-4-9-21-22(10-13-37-23(21)14-18)32-24(33)15-27(25(34)30-11-12-31-27)38(35,36)20-7-5-19(28)6-8-20/h4-9,14,22,29,31H,10-13,15-17H2,1-3H3,(H,30,34)(H,32,33)/t22-,27-/m1/s1. The summed E-state index contributed by atoms with van der Waals surface area (Å²) in [6.07, 6.45) is -0.0534. The largest absolute Gasteiger partial charge is 0.493 e. The van der Waals surface area contributed by atoms with Crippen LogP contribution in [0, 0.1) is 5.41 Å². The molecular weight excluding hydrogens is 528 g/mol. The second-order valence-electron chi connectivity index (χ2n) is 10.9. The van der Waals surface area contributed by atoms with Gasteiger partial charge in [-0.15, -0.1) is 0 Å². The summed E-state index contributed by atoms with van der Waals surface area (Å²) in [6.45, 7) is 8.94. The predicted molar refractivity (Wildman–Crippen MR) is 146 cm³/mol. The maximum atomic E-state index is 13.7. The zero-order valence-electron chi connectivity index (χ0n) is 21.9. The molecule has 38 heavy (non-hydrogen) atoms. The molecule has 0 bridgehead atoms. The van der Waals surface area contributed by atoms with E-state index in [4.69, 9.17) is 16.3 Å². The van der Waals surface area contributed by atoms with Crippen molar-refractivity contribution in [1.82, 2.24) is 21.3 Å². The van der Waals surface area contributed by atoms with Crippen LogP contribution >= 0.6 is 11.6 Å². The first-order chi connectivity index (χ1) is 17.9. The van der Waals surface area contributed by atoms with Crippen molar-refractivity contribution in [3.8, 4) is 5.75 Å². The highest BCUT2D eigenvalue weighted by atomic mass is 35.5. The lowest BCUT2D eigenvalue weighted by Gasteiger charge is -2.36. The van der Waals surface area contributed by atoms with Gasteiger partial charge in [0.2, 0.25) is 20.6 Å². The SMILES string of the molecule is CC(C)(C)CNCc1ccc2c(c1)OCC[C@H]2NC(=O)C[C@]1(S(=O)(=O)c2ccc(Cl)cc2)NCCNC1=O. The number of nitrogens with one attached hydrogen (secondary N) is 4. The van der Waals surface area contributed by atoms with Crippen molar-refractivity contribution >= 4 is 33.3 Å². The van der Waals surface area contributed by atoms with Crippen LogP contribution in [0.2, 0.25) is 5.02 Å². The van der Waals surface area contributed by atoms with Gasteiger partial charge in [-0.25, -0.2) is 8.42 Å². The number of ether oxygens (including phenoxy) is 1. The topological polar surface area (TPSA) is 126 Å². The van der Waals surface area contributed by atoms with Crippen LogP contribution < -0.4 is 26.0 Å². The lowest BCUT2D eigenvalue weighted by Crippen LogP contribution is -2.68. The smallest absolute Gasteiger partial charge is 0.257 e. The fourth-order valence-electron chi connectivity index (χ4n) is 4.68. The molecule has 0 aliphatic carbocycles. The van der Waals surface area contributed by atoms with Crippen molar-refractivity contribution in [2.75, 3.05) is 26.2 Å². The van der Waals surface area contributed by atoms with Crippen molar-refractivity contribution in [3.05, 3.63) is 58.6 Å². The molecule has 0 aromatic heterocycles. The van der Waals surface area contributed by atoms with Crippen LogP contribution in [0.15, 0.2) is 47.4 Å². The normalized spacial score (nSPS) is 21.7. The van der Waals surface area contributed by atoms with E-state index in [1.54, 1.807) is 0 Å². The van der Waals surface area contributed by atoms with Gasteiger partial charge in [0.1, 0.15) is 5.75 Å². The third-order valence-electron chi connectivity index (χ3n) is 6.62. The van der Waals surface area contributed by atoms with E-state index < -0.39 is 32.9 Å². The van der Waals surface area contributed by atoms with Gasteiger partial charge in [0.05, 0.1) is 24.0 Å². The molecule has 2 aromatic carbocycles. The maximum Gasteiger partial charge on any atom is 0.257 e. The molecule has 2 aliphatic heterocycles. The summed E-state index contributed by atoms with van der Waals surface area (Å²) in [5.74, 6) is -0.622. The Bertz CT molecular complexity index is 1290. The van der Waals surface area contributed by atoms with Crippen LogP contribution in [0.25, 0.3) is 0 Å². The fraction of sp³-hybridized carbons (Fsp3) is 0.481. The molecule has 11 heteroatoms. The first-order valence-corrected chi connectivity index (χ1v) is 14.6. The van der Waals surface area contributed by atoms with Crippen LogP contribution in [0.5, 0.6) is 5.75 Å². The molecule has 2 aliphatic rings. The van der Waals surface area contributed by atoms with Gasteiger partial charge in [0.25, 0.3) is 5.91 Å². The molecule has 1 saturated heterocycles. The van der Waals surface area contributed by atoms with Crippen molar-refractivity contribution in [3.63, 3.8) is 0 Å². The van der Waals surface area contributed by atoms with Crippen LogP contribution in [-0.4, -0.2) is 51.3 Å². The number of rotatable bonds is 8. The van der Waals surface area contributed by atoms with Gasteiger partial charge in [-0.1, -0.05) is 44.5 Å². The Morgan fingerprint density at radius 1 is 1.16 bits per heavy atom. The van der Waals surface area contributed by atoms with Gasteiger partial charge in [0, 0.05) is 43.2 Å². The van der Waals surface area contributed by atoms with E-state index in [1.165, 1.54) is 24.3 Å². The molecule has 0 unspecified atom stereocenters. The molecule has 2 heterocycles. The van der Waals surface area contributed by atoms with Crippen LogP contribution in [-0.2, 0) is 26.0 Å². The third-order valence-corrected chi connectivity index (χ3v) is 9.15. The van der Waals surface area contributed by atoms with E-state index in [0.29, 0.717) is 30.3 Å². The minimum absolute atomic E-state index is 0.0942. The number of halogens is 1. The molecule has 0 radical (unpaired) electrons. The average molecular weight is 563 g/mol. The Morgan fingerprint density at radius 3 is 2.58 bits per heavy atom. The number of hydrogen-bond donors (Lipinski definition) is 4. The van der Waals surface area contributed by atoms with Crippen LogP contribution in [0.4, 0.5) is 0 Å². The Labute approximate surface area is 229 Å².